The van der Waals surface area contributed by atoms with Crippen molar-refractivity contribution in [1.82, 2.24) is 15.2 Å². The van der Waals surface area contributed by atoms with Crippen LogP contribution >= 0.6 is 0 Å². The summed E-state index contributed by atoms with van der Waals surface area (Å²) >= 11 is 0. The number of fused-ring (bicyclic) bond motifs is 1. The second-order valence-electron chi connectivity index (χ2n) is 8.80. The lowest BCUT2D eigenvalue weighted by atomic mass is 9.95. The van der Waals surface area contributed by atoms with Gasteiger partial charge in [-0.05, 0) is 55.9 Å². The number of rotatable bonds is 9. The summed E-state index contributed by atoms with van der Waals surface area (Å²) < 4.78 is 79.0. The predicted octanol–water partition coefficient (Wildman–Crippen LogP) is 5.00. The van der Waals surface area contributed by atoms with Gasteiger partial charge in [0.05, 0.1) is 23.7 Å². The lowest BCUT2D eigenvalue weighted by Gasteiger charge is -2.19. The third-order valence-corrected chi connectivity index (χ3v) is 5.59. The van der Waals surface area contributed by atoms with Gasteiger partial charge in [0.25, 0.3) is 0 Å². The maximum atomic E-state index is 13.2. The third-order valence-electron chi connectivity index (χ3n) is 5.59. The molecular weight excluding hydrogens is 488 g/mol. The number of alkyl halides is 6. The number of H-pyrrole nitrogens is 1. The van der Waals surface area contributed by atoms with Gasteiger partial charge in [-0.1, -0.05) is 18.2 Å². The van der Waals surface area contributed by atoms with Crippen molar-refractivity contribution < 1.29 is 35.9 Å². The largest absolute Gasteiger partial charge is 0.416 e. The molecule has 5 nitrogen and oxygen atoms in total. The van der Waals surface area contributed by atoms with Gasteiger partial charge in [-0.2, -0.15) is 26.3 Å². The predicted molar refractivity (Wildman–Crippen MR) is 122 cm³/mol. The molecule has 0 bridgehead atoms. The van der Waals surface area contributed by atoms with E-state index in [1.807, 2.05) is 24.3 Å². The molecule has 194 valence electrons. The molecule has 0 radical (unpaired) electrons. The zero-order valence-electron chi connectivity index (χ0n) is 19.6. The van der Waals surface area contributed by atoms with E-state index in [1.165, 1.54) is 0 Å². The van der Waals surface area contributed by atoms with Crippen LogP contribution in [0.25, 0.3) is 10.9 Å². The van der Waals surface area contributed by atoms with Crippen LogP contribution in [-0.4, -0.2) is 48.3 Å². The quantitative estimate of drug-likeness (QED) is 0.396. The van der Waals surface area contributed by atoms with E-state index < -0.39 is 41.2 Å². The zero-order valence-corrected chi connectivity index (χ0v) is 19.6. The summed E-state index contributed by atoms with van der Waals surface area (Å²) in [6, 6.07) is 7.58. The average Bonchev–Trinajstić information content (AvgIpc) is 3.18. The first-order chi connectivity index (χ1) is 16.7. The van der Waals surface area contributed by atoms with Crippen molar-refractivity contribution in [2.24, 2.45) is 0 Å². The highest BCUT2D eigenvalue weighted by Crippen LogP contribution is 2.36. The number of amides is 1. The van der Waals surface area contributed by atoms with Crippen LogP contribution < -0.4 is 5.32 Å². The first kappa shape index (κ1) is 27.3. The first-order valence-electron chi connectivity index (χ1n) is 11.0. The number of hydrogen-bond donors (Lipinski definition) is 2. The van der Waals surface area contributed by atoms with Crippen LogP contribution in [0.15, 0.2) is 48.7 Å². The van der Waals surface area contributed by atoms with Crippen molar-refractivity contribution in [3.05, 3.63) is 70.9 Å². The van der Waals surface area contributed by atoms with Gasteiger partial charge < -0.3 is 15.2 Å². The molecule has 0 saturated heterocycles. The fourth-order valence-corrected chi connectivity index (χ4v) is 3.90. The standard InChI is InChI=1S/C25H25F6N3O2/c1-34(2)14-23(36)33-21(11-16-13-32-20-6-4-3-5-19(16)20)22(35)8-7-15-9-17(24(26,27)28)12-18(10-15)25(29,30)31/h3-6,9-10,12-13,21,32H,7-8,11,14H2,1-2H3,(H,33,36). The number of nitrogens with one attached hydrogen (secondary N) is 2. The molecule has 1 unspecified atom stereocenters. The van der Waals surface area contributed by atoms with Gasteiger partial charge in [0.15, 0.2) is 5.78 Å². The van der Waals surface area contributed by atoms with E-state index in [9.17, 15) is 35.9 Å². The highest BCUT2D eigenvalue weighted by molar-refractivity contribution is 5.91. The Labute approximate surface area is 203 Å². The Morgan fingerprint density at radius 3 is 2.17 bits per heavy atom. The highest BCUT2D eigenvalue weighted by atomic mass is 19.4. The molecule has 0 saturated carbocycles. The molecule has 1 heterocycles. The maximum absolute atomic E-state index is 13.2. The SMILES string of the molecule is CN(C)CC(=O)NC(Cc1c[nH]c2ccccc12)C(=O)CCc1cc(C(F)(F)F)cc(C(F)(F)F)c1. The lowest BCUT2D eigenvalue weighted by molar-refractivity contribution is -0.143. The summed E-state index contributed by atoms with van der Waals surface area (Å²) in [5.41, 5.74) is -1.57. The maximum Gasteiger partial charge on any atom is 0.416 e. The van der Waals surface area contributed by atoms with E-state index >= 15 is 0 Å². The van der Waals surface area contributed by atoms with Gasteiger partial charge in [0, 0.05) is 29.9 Å². The van der Waals surface area contributed by atoms with E-state index in [4.69, 9.17) is 0 Å². The van der Waals surface area contributed by atoms with Crippen LogP contribution in [0.3, 0.4) is 0 Å². The Morgan fingerprint density at radius 2 is 1.58 bits per heavy atom. The minimum atomic E-state index is -4.97. The summed E-state index contributed by atoms with van der Waals surface area (Å²) in [7, 11) is 3.34. The number of aromatic amines is 1. The number of Topliss-reactive ketones (excluding diaryl/α,β-unsaturated/α-hetero) is 1. The second-order valence-corrected chi connectivity index (χ2v) is 8.80. The number of para-hydroxylation sites is 1. The fraction of sp³-hybridized carbons (Fsp3) is 0.360. The monoisotopic (exact) mass is 513 g/mol. The van der Waals surface area contributed by atoms with Crippen molar-refractivity contribution in [3.63, 3.8) is 0 Å². The molecular formula is C25H25F6N3O2. The molecule has 0 aliphatic carbocycles. The van der Waals surface area contributed by atoms with Crippen molar-refractivity contribution in [2.75, 3.05) is 20.6 Å². The first-order valence-corrected chi connectivity index (χ1v) is 11.0. The number of carbonyl (C=O) groups excluding carboxylic acids is 2. The molecule has 1 amide bonds. The topological polar surface area (TPSA) is 65.2 Å². The molecule has 2 aromatic carbocycles. The van der Waals surface area contributed by atoms with Crippen molar-refractivity contribution in [1.29, 1.82) is 0 Å². The molecule has 2 N–H and O–H groups in total. The van der Waals surface area contributed by atoms with Crippen LogP contribution in [0.1, 0.15) is 28.7 Å². The van der Waals surface area contributed by atoms with Gasteiger partial charge in [0.1, 0.15) is 0 Å². The normalized spacial score (nSPS) is 13.2. The molecule has 0 aliphatic rings. The number of ketones is 1. The minimum Gasteiger partial charge on any atom is -0.361 e. The van der Waals surface area contributed by atoms with Crippen molar-refractivity contribution >= 4 is 22.6 Å². The number of aryl methyl sites for hydroxylation is 1. The summed E-state index contributed by atoms with van der Waals surface area (Å²) in [6.45, 7) is 0.000233. The molecule has 1 aromatic heterocycles. The number of hydrogen-bond acceptors (Lipinski definition) is 3. The minimum absolute atomic E-state index is 0.000233. The van der Waals surface area contributed by atoms with E-state index in [2.05, 4.69) is 10.3 Å². The molecule has 36 heavy (non-hydrogen) atoms. The van der Waals surface area contributed by atoms with E-state index in [-0.39, 0.29) is 37.4 Å². The molecule has 11 heteroatoms. The lowest BCUT2D eigenvalue weighted by Crippen LogP contribution is -2.45. The molecule has 0 fully saturated rings. The Morgan fingerprint density at radius 1 is 0.972 bits per heavy atom. The van der Waals surface area contributed by atoms with Crippen LogP contribution in [0.4, 0.5) is 26.3 Å². The number of aromatic nitrogens is 1. The summed E-state index contributed by atoms with van der Waals surface area (Å²) in [5, 5.41) is 3.49. The number of benzene rings is 2. The molecule has 3 aromatic rings. The van der Waals surface area contributed by atoms with Crippen LogP contribution in [0, 0.1) is 0 Å². The van der Waals surface area contributed by atoms with Crippen LogP contribution in [0.2, 0.25) is 0 Å². The molecule has 0 aliphatic heterocycles. The van der Waals surface area contributed by atoms with Crippen LogP contribution in [-0.2, 0) is 34.8 Å². The molecule has 0 spiro atoms. The Bertz CT molecular complexity index is 1200. The van der Waals surface area contributed by atoms with Gasteiger partial charge in [0.2, 0.25) is 5.91 Å². The third kappa shape index (κ3) is 7.09. The summed E-state index contributed by atoms with van der Waals surface area (Å²) in [5.74, 6) is -0.935. The van der Waals surface area contributed by atoms with Gasteiger partial charge in [-0.25, -0.2) is 0 Å². The number of halogens is 6. The van der Waals surface area contributed by atoms with Crippen molar-refractivity contribution in [3.8, 4) is 0 Å². The number of carbonyl (C=O) groups is 2. The van der Waals surface area contributed by atoms with E-state index in [0.717, 1.165) is 16.5 Å². The Kier molecular flexibility index (Phi) is 8.12. The molecule has 3 rings (SSSR count). The number of likely N-dealkylation sites (N-methyl/N-ethyl adjacent to an activating group) is 1. The summed E-state index contributed by atoms with van der Waals surface area (Å²) in [6.07, 6.45) is -8.84. The second kappa shape index (κ2) is 10.7. The fourth-order valence-electron chi connectivity index (χ4n) is 3.90. The summed E-state index contributed by atoms with van der Waals surface area (Å²) in [4.78, 5) is 30.1. The zero-order chi connectivity index (χ0) is 26.7. The van der Waals surface area contributed by atoms with E-state index in [0.29, 0.717) is 12.1 Å². The number of nitrogens with zero attached hydrogens (tertiary/aromatic N) is 1. The van der Waals surface area contributed by atoms with Gasteiger partial charge in [-0.3, -0.25) is 9.59 Å². The average molecular weight is 513 g/mol. The van der Waals surface area contributed by atoms with E-state index in [1.54, 1.807) is 25.2 Å². The van der Waals surface area contributed by atoms with Crippen molar-refractivity contribution in [2.45, 2.75) is 37.7 Å². The highest BCUT2D eigenvalue weighted by Gasteiger charge is 2.37. The smallest absolute Gasteiger partial charge is 0.361 e. The van der Waals surface area contributed by atoms with Crippen LogP contribution in [0.5, 0.6) is 0 Å². The van der Waals surface area contributed by atoms with Gasteiger partial charge in [-0.15, -0.1) is 0 Å². The van der Waals surface area contributed by atoms with Gasteiger partial charge >= 0.3 is 12.4 Å². The Hall–Kier alpha value is -3.34. The molecule has 1 atom stereocenters. The Balaban J connectivity index is 1.83.